The highest BCUT2D eigenvalue weighted by molar-refractivity contribution is 6.01. The normalized spacial score (nSPS) is 10.3. The van der Waals surface area contributed by atoms with Crippen molar-refractivity contribution < 1.29 is 9.53 Å². The van der Waals surface area contributed by atoms with E-state index in [0.717, 1.165) is 0 Å². The number of hydrogen-bond donors (Lipinski definition) is 1. The minimum atomic E-state index is -0.420. The third kappa shape index (κ3) is 3.49. The third-order valence-electron chi connectivity index (χ3n) is 2.17. The fraction of sp³-hybridized carbons (Fsp3) is 0.143. The second-order valence-corrected chi connectivity index (χ2v) is 3.39. The van der Waals surface area contributed by atoms with Gasteiger partial charge in [0.2, 0.25) is 0 Å². The molecule has 1 amide bonds. The van der Waals surface area contributed by atoms with E-state index in [1.54, 1.807) is 18.2 Å². The lowest BCUT2D eigenvalue weighted by atomic mass is 10.1. The van der Waals surface area contributed by atoms with Crippen LogP contribution in [0.2, 0.25) is 0 Å². The molecular formula is C14H14N2O2. The molecule has 1 N–H and O–H groups in total. The van der Waals surface area contributed by atoms with Gasteiger partial charge < -0.3 is 10.1 Å². The Bertz CT molecular complexity index is 513. The van der Waals surface area contributed by atoms with Crippen LogP contribution >= 0.6 is 0 Å². The van der Waals surface area contributed by atoms with Crippen molar-refractivity contribution in [1.29, 1.82) is 5.26 Å². The van der Waals surface area contributed by atoms with E-state index in [0.29, 0.717) is 17.9 Å². The number of hydrogen-bond acceptors (Lipinski definition) is 3. The molecule has 0 aliphatic heterocycles. The first-order chi connectivity index (χ1) is 8.72. The minimum absolute atomic E-state index is 0.0344. The van der Waals surface area contributed by atoms with Gasteiger partial charge in [-0.2, -0.15) is 5.26 Å². The fourth-order valence-corrected chi connectivity index (χ4v) is 1.32. The molecule has 18 heavy (non-hydrogen) atoms. The van der Waals surface area contributed by atoms with E-state index in [1.807, 2.05) is 18.2 Å². The van der Waals surface area contributed by atoms with Gasteiger partial charge in [-0.3, -0.25) is 4.79 Å². The van der Waals surface area contributed by atoms with Crippen LogP contribution in [0.4, 0.5) is 0 Å². The number of carbonyl (C=O) groups is 1. The lowest BCUT2D eigenvalue weighted by molar-refractivity contribution is -0.116. The molecule has 0 saturated carbocycles. The van der Waals surface area contributed by atoms with Crippen molar-refractivity contribution in [2.24, 2.45) is 0 Å². The number of nitrogens with one attached hydrogen (secondary N) is 1. The maximum atomic E-state index is 11.4. The predicted octanol–water partition coefficient (Wildman–Crippen LogP) is 1.90. The Hall–Kier alpha value is -2.54. The van der Waals surface area contributed by atoms with E-state index in [-0.39, 0.29) is 5.57 Å². The summed E-state index contributed by atoms with van der Waals surface area (Å²) in [5.74, 6) is 0.185. The van der Waals surface area contributed by atoms with Gasteiger partial charge in [-0.1, -0.05) is 30.9 Å². The number of rotatable bonds is 5. The average Bonchev–Trinajstić information content (AvgIpc) is 2.42. The smallest absolute Gasteiger partial charge is 0.261 e. The third-order valence-corrected chi connectivity index (χ3v) is 2.17. The molecule has 0 saturated heterocycles. The van der Waals surface area contributed by atoms with Crippen molar-refractivity contribution in [2.75, 3.05) is 13.7 Å². The Kier molecular flexibility index (Phi) is 5.20. The average molecular weight is 242 g/mol. The van der Waals surface area contributed by atoms with Gasteiger partial charge in [0.1, 0.15) is 24.0 Å². The number of ether oxygens (including phenoxy) is 1. The maximum absolute atomic E-state index is 11.4. The summed E-state index contributed by atoms with van der Waals surface area (Å²) in [6.45, 7) is 3.93. The second-order valence-electron chi connectivity index (χ2n) is 3.39. The van der Waals surface area contributed by atoms with Gasteiger partial charge in [-0.05, 0) is 12.1 Å². The molecule has 0 fully saturated rings. The van der Waals surface area contributed by atoms with Crippen LogP contribution in [-0.4, -0.2) is 19.6 Å². The summed E-state index contributed by atoms with van der Waals surface area (Å²) in [5, 5.41) is 11.3. The van der Waals surface area contributed by atoms with Crippen molar-refractivity contribution in [3.05, 3.63) is 48.1 Å². The summed E-state index contributed by atoms with van der Waals surface area (Å²) in [6.07, 6.45) is 3.13. The van der Waals surface area contributed by atoms with E-state index in [1.165, 1.54) is 13.1 Å². The van der Waals surface area contributed by atoms with Crippen LogP contribution in [-0.2, 0) is 4.79 Å². The summed E-state index contributed by atoms with van der Waals surface area (Å²) in [5.41, 5.74) is 0.714. The molecule has 0 aliphatic carbocycles. The standard InChI is InChI=1S/C14H14N2O2/c1-3-8-18-13-7-5-4-6-11(13)9-12(10-15)14(17)16-2/h3-7,9H,1,8H2,2H3,(H,16,17)/b12-9+. The van der Waals surface area contributed by atoms with Crippen molar-refractivity contribution >= 4 is 12.0 Å². The number of nitriles is 1. The second kappa shape index (κ2) is 6.92. The highest BCUT2D eigenvalue weighted by Gasteiger charge is 2.08. The lowest BCUT2D eigenvalue weighted by Gasteiger charge is -2.07. The molecule has 0 aromatic heterocycles. The fourth-order valence-electron chi connectivity index (χ4n) is 1.32. The van der Waals surface area contributed by atoms with E-state index < -0.39 is 5.91 Å². The SMILES string of the molecule is C=CCOc1ccccc1/C=C(\C#N)C(=O)NC. The van der Waals surface area contributed by atoms with Crippen molar-refractivity contribution in [2.45, 2.75) is 0 Å². The molecule has 0 spiro atoms. The Morgan fingerprint density at radius 1 is 1.56 bits per heavy atom. The van der Waals surface area contributed by atoms with Crippen LogP contribution in [0.5, 0.6) is 5.75 Å². The molecule has 0 radical (unpaired) electrons. The number of benzene rings is 1. The number of nitrogens with zero attached hydrogens (tertiary/aromatic N) is 1. The topological polar surface area (TPSA) is 62.1 Å². The Morgan fingerprint density at radius 3 is 2.89 bits per heavy atom. The number of carbonyl (C=O) groups excluding carboxylic acids is 1. The molecule has 92 valence electrons. The monoisotopic (exact) mass is 242 g/mol. The van der Waals surface area contributed by atoms with Crippen LogP contribution in [0.3, 0.4) is 0 Å². The Balaban J connectivity index is 3.09. The predicted molar refractivity (Wildman–Crippen MR) is 69.8 cm³/mol. The van der Waals surface area contributed by atoms with E-state index in [4.69, 9.17) is 10.00 Å². The Morgan fingerprint density at radius 2 is 2.28 bits per heavy atom. The largest absolute Gasteiger partial charge is 0.489 e. The van der Waals surface area contributed by atoms with Crippen molar-refractivity contribution in [3.8, 4) is 11.8 Å². The number of likely N-dealkylation sites (N-methyl/N-ethyl adjacent to an activating group) is 1. The summed E-state index contributed by atoms with van der Waals surface area (Å²) in [7, 11) is 1.48. The van der Waals surface area contributed by atoms with Gasteiger partial charge in [0.25, 0.3) is 5.91 Å². The molecule has 1 rings (SSSR count). The zero-order valence-corrected chi connectivity index (χ0v) is 10.1. The molecule has 0 aliphatic rings. The lowest BCUT2D eigenvalue weighted by Crippen LogP contribution is -2.19. The molecule has 0 heterocycles. The summed E-state index contributed by atoms with van der Waals surface area (Å²) in [4.78, 5) is 11.4. The van der Waals surface area contributed by atoms with Crippen LogP contribution < -0.4 is 10.1 Å². The summed E-state index contributed by atoms with van der Waals surface area (Å²) < 4.78 is 5.44. The van der Waals surface area contributed by atoms with Crippen LogP contribution in [0, 0.1) is 11.3 Å². The quantitative estimate of drug-likeness (QED) is 0.487. The van der Waals surface area contributed by atoms with Gasteiger partial charge in [-0.15, -0.1) is 0 Å². The van der Waals surface area contributed by atoms with Gasteiger partial charge >= 0.3 is 0 Å². The van der Waals surface area contributed by atoms with Crippen molar-refractivity contribution in [3.63, 3.8) is 0 Å². The number of para-hydroxylation sites is 1. The minimum Gasteiger partial charge on any atom is -0.489 e. The molecule has 1 aromatic rings. The molecular weight excluding hydrogens is 228 g/mol. The Labute approximate surface area is 106 Å². The van der Waals surface area contributed by atoms with Crippen LogP contribution in [0.15, 0.2) is 42.5 Å². The van der Waals surface area contributed by atoms with Gasteiger partial charge in [0, 0.05) is 12.6 Å². The van der Waals surface area contributed by atoms with Gasteiger partial charge in [0.05, 0.1) is 0 Å². The first-order valence-electron chi connectivity index (χ1n) is 5.39. The van der Waals surface area contributed by atoms with E-state index in [2.05, 4.69) is 11.9 Å². The van der Waals surface area contributed by atoms with Crippen molar-refractivity contribution in [1.82, 2.24) is 5.32 Å². The molecule has 0 bridgehead atoms. The molecule has 4 nitrogen and oxygen atoms in total. The van der Waals surface area contributed by atoms with Crippen LogP contribution in [0.25, 0.3) is 6.08 Å². The highest BCUT2D eigenvalue weighted by Crippen LogP contribution is 2.20. The molecule has 1 aromatic carbocycles. The molecule has 4 heteroatoms. The summed E-state index contributed by atoms with van der Waals surface area (Å²) in [6, 6.07) is 9.04. The van der Waals surface area contributed by atoms with Gasteiger partial charge in [-0.25, -0.2) is 0 Å². The first kappa shape index (κ1) is 13.5. The van der Waals surface area contributed by atoms with E-state index >= 15 is 0 Å². The highest BCUT2D eigenvalue weighted by atomic mass is 16.5. The zero-order chi connectivity index (χ0) is 13.4. The number of amides is 1. The van der Waals surface area contributed by atoms with E-state index in [9.17, 15) is 4.79 Å². The zero-order valence-electron chi connectivity index (χ0n) is 10.1. The summed E-state index contributed by atoms with van der Waals surface area (Å²) >= 11 is 0. The molecule has 0 unspecified atom stereocenters. The van der Waals surface area contributed by atoms with Crippen LogP contribution in [0.1, 0.15) is 5.56 Å². The first-order valence-corrected chi connectivity index (χ1v) is 5.39. The molecule has 0 atom stereocenters. The van der Waals surface area contributed by atoms with Gasteiger partial charge in [0.15, 0.2) is 0 Å². The maximum Gasteiger partial charge on any atom is 0.261 e.